The molecule has 0 N–H and O–H groups in total. The van der Waals surface area contributed by atoms with Crippen molar-refractivity contribution in [1.82, 2.24) is 0 Å². The van der Waals surface area contributed by atoms with Crippen LogP contribution in [0.5, 0.6) is 0 Å². The lowest BCUT2D eigenvalue weighted by Crippen LogP contribution is -1.90. The predicted octanol–water partition coefficient (Wildman–Crippen LogP) is 4.31. The molecule has 0 bridgehead atoms. The topological polar surface area (TPSA) is 12.4 Å². The molecular formula is C14H19N. The highest BCUT2D eigenvalue weighted by atomic mass is 14.7. The fraction of sp³-hybridized carbons (Fsp3) is 0.357. The molecule has 2 rings (SSSR count). The molecule has 80 valence electrons. The third-order valence-electron chi connectivity index (χ3n) is 2.35. The monoisotopic (exact) mass is 201 g/mol. The third-order valence-corrected chi connectivity index (χ3v) is 2.35. The maximum Gasteiger partial charge on any atom is 0.0661 e. The molecule has 1 aromatic carbocycles. The minimum absolute atomic E-state index is 1.11. The second-order valence-corrected chi connectivity index (χ2v) is 3.42. The van der Waals surface area contributed by atoms with Crippen LogP contribution in [0, 0.1) is 0 Å². The van der Waals surface area contributed by atoms with E-state index in [1.807, 2.05) is 26.1 Å². The van der Waals surface area contributed by atoms with Crippen molar-refractivity contribution in [3.63, 3.8) is 0 Å². The van der Waals surface area contributed by atoms with E-state index in [1.54, 1.807) is 0 Å². The van der Waals surface area contributed by atoms with E-state index in [0.717, 1.165) is 18.5 Å². The highest BCUT2D eigenvalue weighted by Gasteiger charge is 2.01. The van der Waals surface area contributed by atoms with E-state index in [4.69, 9.17) is 0 Å². The molecule has 0 spiro atoms. The summed E-state index contributed by atoms with van der Waals surface area (Å²) in [6.07, 6.45) is 6.24. The number of para-hydroxylation sites is 1. The molecule has 1 aromatic rings. The van der Waals surface area contributed by atoms with E-state index >= 15 is 0 Å². The summed E-state index contributed by atoms with van der Waals surface area (Å²) < 4.78 is 0. The largest absolute Gasteiger partial charge is 0.257 e. The van der Waals surface area contributed by atoms with Gasteiger partial charge in [-0.25, -0.2) is 0 Å². The van der Waals surface area contributed by atoms with Gasteiger partial charge in [0.05, 0.1) is 5.69 Å². The van der Waals surface area contributed by atoms with Crippen LogP contribution in [-0.2, 0) is 6.42 Å². The molecule has 0 radical (unpaired) electrons. The van der Waals surface area contributed by atoms with Gasteiger partial charge in [0.2, 0.25) is 0 Å². The Balaban J connectivity index is 0.000000531. The maximum absolute atomic E-state index is 4.40. The van der Waals surface area contributed by atoms with Crippen LogP contribution in [0.4, 0.5) is 5.69 Å². The summed E-state index contributed by atoms with van der Waals surface area (Å²) in [5.41, 5.74) is 3.87. The predicted molar refractivity (Wildman–Crippen MR) is 68.0 cm³/mol. The van der Waals surface area contributed by atoms with E-state index in [0.29, 0.717) is 0 Å². The molecule has 0 saturated carbocycles. The van der Waals surface area contributed by atoms with Crippen molar-refractivity contribution in [1.29, 1.82) is 0 Å². The quantitative estimate of drug-likeness (QED) is 0.593. The maximum atomic E-state index is 4.40. The highest BCUT2D eigenvalue weighted by Crippen LogP contribution is 2.22. The van der Waals surface area contributed by atoms with E-state index in [-0.39, 0.29) is 0 Å². The molecule has 0 atom stereocenters. The van der Waals surface area contributed by atoms with Crippen molar-refractivity contribution in [3.8, 4) is 0 Å². The Morgan fingerprint density at radius 1 is 1.07 bits per heavy atom. The molecule has 0 amide bonds. The fourth-order valence-electron chi connectivity index (χ4n) is 1.51. The molecule has 1 aliphatic rings. The minimum atomic E-state index is 1.11. The number of nitrogens with zero attached hydrogens (tertiary/aromatic N) is 1. The summed E-state index contributed by atoms with van der Waals surface area (Å²) in [5, 5.41) is 0. The Morgan fingerprint density at radius 3 is 2.60 bits per heavy atom. The normalized spacial score (nSPS) is 17.4. The van der Waals surface area contributed by atoms with E-state index in [1.165, 1.54) is 11.1 Å². The number of rotatable bonds is 0. The molecule has 0 fully saturated rings. The Morgan fingerprint density at radius 2 is 1.80 bits per heavy atom. The summed E-state index contributed by atoms with van der Waals surface area (Å²) in [6, 6.07) is 8.34. The van der Waals surface area contributed by atoms with Crippen molar-refractivity contribution < 1.29 is 0 Å². The van der Waals surface area contributed by atoms with Crippen LogP contribution >= 0.6 is 0 Å². The average Bonchev–Trinajstić information content (AvgIpc) is 2.28. The van der Waals surface area contributed by atoms with Gasteiger partial charge in [-0.3, -0.25) is 4.99 Å². The Bertz CT molecular complexity index is 361. The van der Waals surface area contributed by atoms with Crippen LogP contribution < -0.4 is 0 Å². The minimum Gasteiger partial charge on any atom is -0.257 e. The Kier molecular flexibility index (Phi) is 4.82. The second kappa shape index (κ2) is 6.18. The van der Waals surface area contributed by atoms with Gasteiger partial charge < -0.3 is 0 Å². The fourth-order valence-corrected chi connectivity index (χ4v) is 1.51. The Labute approximate surface area is 92.6 Å². The van der Waals surface area contributed by atoms with Crippen molar-refractivity contribution in [2.24, 2.45) is 4.99 Å². The molecule has 0 aromatic heterocycles. The Hall–Kier alpha value is -1.37. The first-order chi connectivity index (χ1) is 7.36. The van der Waals surface area contributed by atoms with Gasteiger partial charge in [-0.2, -0.15) is 0 Å². The van der Waals surface area contributed by atoms with Crippen molar-refractivity contribution in [2.45, 2.75) is 33.6 Å². The van der Waals surface area contributed by atoms with Crippen LogP contribution in [-0.4, -0.2) is 6.21 Å². The standard InChI is InChI=1S/C12H13N.C2H6/c1-10-6-7-11-4-2-3-5-12(11)13-9-8-10;1-2/h2-5,8-9H,6-7H2,1H3;1-2H3/b10-8+,13-9?;. The van der Waals surface area contributed by atoms with Crippen molar-refractivity contribution >= 4 is 11.9 Å². The number of fused-ring (bicyclic) bond motifs is 1. The average molecular weight is 201 g/mol. The van der Waals surface area contributed by atoms with E-state index in [9.17, 15) is 0 Å². The van der Waals surface area contributed by atoms with Crippen LogP contribution in [0.2, 0.25) is 0 Å². The van der Waals surface area contributed by atoms with E-state index < -0.39 is 0 Å². The first kappa shape index (κ1) is 11.7. The van der Waals surface area contributed by atoms with Gasteiger partial charge in [0.15, 0.2) is 0 Å². The van der Waals surface area contributed by atoms with Gasteiger partial charge in [0.1, 0.15) is 0 Å². The number of allylic oxidation sites excluding steroid dienone is 2. The molecular weight excluding hydrogens is 182 g/mol. The molecule has 1 heterocycles. The zero-order valence-electron chi connectivity index (χ0n) is 9.83. The third kappa shape index (κ3) is 3.35. The molecule has 1 aliphatic heterocycles. The lowest BCUT2D eigenvalue weighted by Gasteiger charge is -2.07. The molecule has 0 unspecified atom stereocenters. The first-order valence-corrected chi connectivity index (χ1v) is 5.64. The number of benzene rings is 1. The molecule has 1 nitrogen and oxygen atoms in total. The molecule has 15 heavy (non-hydrogen) atoms. The van der Waals surface area contributed by atoms with Gasteiger partial charge in [-0.1, -0.05) is 37.6 Å². The van der Waals surface area contributed by atoms with Gasteiger partial charge in [0.25, 0.3) is 0 Å². The summed E-state index contributed by atoms with van der Waals surface area (Å²) in [7, 11) is 0. The van der Waals surface area contributed by atoms with E-state index in [2.05, 4.69) is 36.2 Å². The summed E-state index contributed by atoms with van der Waals surface area (Å²) in [4.78, 5) is 4.40. The molecule has 0 aliphatic carbocycles. The van der Waals surface area contributed by atoms with Crippen LogP contribution in [0.1, 0.15) is 32.8 Å². The smallest absolute Gasteiger partial charge is 0.0661 e. The van der Waals surface area contributed by atoms with Crippen LogP contribution in [0.3, 0.4) is 0 Å². The highest BCUT2D eigenvalue weighted by molar-refractivity contribution is 5.76. The number of hydrogen-bond acceptors (Lipinski definition) is 1. The van der Waals surface area contributed by atoms with Gasteiger partial charge in [-0.15, -0.1) is 0 Å². The number of aryl methyl sites for hydroxylation is 1. The lowest BCUT2D eigenvalue weighted by molar-refractivity contribution is 0.940. The molecule has 0 saturated heterocycles. The number of hydrogen-bond donors (Lipinski definition) is 0. The second-order valence-electron chi connectivity index (χ2n) is 3.42. The summed E-state index contributed by atoms with van der Waals surface area (Å²) >= 11 is 0. The molecule has 1 heteroatoms. The van der Waals surface area contributed by atoms with Crippen LogP contribution in [0.25, 0.3) is 0 Å². The SMILES string of the molecule is C/C1=C\C=Nc2ccccc2CC1.CC. The van der Waals surface area contributed by atoms with Crippen LogP contribution in [0.15, 0.2) is 40.9 Å². The first-order valence-electron chi connectivity index (χ1n) is 5.64. The summed E-state index contributed by atoms with van der Waals surface area (Å²) in [5.74, 6) is 0. The zero-order chi connectivity index (χ0) is 11.1. The number of aliphatic imine (C=N–C) groups is 1. The van der Waals surface area contributed by atoms with Gasteiger partial charge >= 0.3 is 0 Å². The summed E-state index contributed by atoms with van der Waals surface area (Å²) in [6.45, 7) is 6.15. The van der Waals surface area contributed by atoms with Gasteiger partial charge in [0, 0.05) is 6.21 Å². The van der Waals surface area contributed by atoms with Crippen molar-refractivity contribution in [2.75, 3.05) is 0 Å². The lowest BCUT2D eigenvalue weighted by atomic mass is 10.0. The zero-order valence-corrected chi connectivity index (χ0v) is 9.83. The van der Waals surface area contributed by atoms with Crippen molar-refractivity contribution in [3.05, 3.63) is 41.5 Å². The van der Waals surface area contributed by atoms with Gasteiger partial charge in [-0.05, 0) is 37.5 Å².